The molecule has 1 atom stereocenters. The van der Waals surface area contributed by atoms with Gasteiger partial charge >= 0.3 is 0 Å². The van der Waals surface area contributed by atoms with E-state index in [1.54, 1.807) is 7.11 Å². The van der Waals surface area contributed by atoms with Crippen LogP contribution in [0, 0.1) is 6.92 Å². The summed E-state index contributed by atoms with van der Waals surface area (Å²) in [7, 11) is 1.65. The lowest BCUT2D eigenvalue weighted by molar-refractivity contribution is -0.131. The predicted octanol–water partition coefficient (Wildman–Crippen LogP) is 3.78. The van der Waals surface area contributed by atoms with Crippen molar-refractivity contribution >= 4 is 11.6 Å². The Balaban J connectivity index is 1.91. The Kier molecular flexibility index (Phi) is 5.04. The molecular formula is C20H24N2O2. The molecule has 1 fully saturated rings. The van der Waals surface area contributed by atoms with Crippen LogP contribution < -0.4 is 10.1 Å². The lowest BCUT2D eigenvalue weighted by Crippen LogP contribution is -2.36. The van der Waals surface area contributed by atoms with Crippen molar-refractivity contribution in [2.24, 2.45) is 0 Å². The van der Waals surface area contributed by atoms with Crippen molar-refractivity contribution in [3.63, 3.8) is 0 Å². The highest BCUT2D eigenvalue weighted by molar-refractivity contribution is 5.87. The highest BCUT2D eigenvalue weighted by Gasteiger charge is 2.28. The number of likely N-dealkylation sites (tertiary alicyclic amines) is 1. The Hall–Kier alpha value is -2.49. The number of hydrogen-bond donors (Lipinski definition) is 1. The number of anilines is 1. The lowest BCUT2D eigenvalue weighted by atomic mass is 10.0. The molecule has 1 aliphatic rings. The van der Waals surface area contributed by atoms with Crippen molar-refractivity contribution < 1.29 is 9.53 Å². The molecule has 4 nitrogen and oxygen atoms in total. The van der Waals surface area contributed by atoms with Crippen LogP contribution in [0.5, 0.6) is 5.75 Å². The maximum Gasteiger partial charge on any atom is 0.249 e. The van der Waals surface area contributed by atoms with Gasteiger partial charge in [0.2, 0.25) is 5.91 Å². The first kappa shape index (κ1) is 16.4. The summed E-state index contributed by atoms with van der Waals surface area (Å²) in [4.78, 5) is 15.0. The summed E-state index contributed by atoms with van der Waals surface area (Å²) in [5, 5.41) is 3.40. The molecule has 1 N–H and O–H groups in total. The minimum absolute atomic E-state index is 0.126. The molecule has 1 heterocycles. The Morgan fingerprint density at radius 1 is 1.12 bits per heavy atom. The average Bonchev–Trinajstić information content (AvgIpc) is 3.15. The number of carbonyl (C=O) groups excluding carboxylic acids is 1. The Labute approximate surface area is 143 Å². The minimum Gasteiger partial charge on any atom is -0.495 e. The second kappa shape index (κ2) is 7.39. The van der Waals surface area contributed by atoms with Crippen molar-refractivity contribution in [1.29, 1.82) is 0 Å². The highest BCUT2D eigenvalue weighted by atomic mass is 16.5. The summed E-state index contributed by atoms with van der Waals surface area (Å²) in [5.74, 6) is 0.881. The van der Waals surface area contributed by atoms with Crippen molar-refractivity contribution in [3.05, 3.63) is 59.7 Å². The smallest absolute Gasteiger partial charge is 0.249 e. The van der Waals surface area contributed by atoms with E-state index in [2.05, 4.69) is 5.32 Å². The third-order valence-electron chi connectivity index (χ3n) is 4.45. The highest BCUT2D eigenvalue weighted by Crippen LogP contribution is 2.30. The van der Waals surface area contributed by atoms with Gasteiger partial charge in [0.1, 0.15) is 11.8 Å². The zero-order valence-corrected chi connectivity index (χ0v) is 14.3. The van der Waals surface area contributed by atoms with E-state index in [-0.39, 0.29) is 5.91 Å². The largest absolute Gasteiger partial charge is 0.495 e. The van der Waals surface area contributed by atoms with E-state index >= 15 is 0 Å². The Morgan fingerprint density at radius 2 is 1.83 bits per heavy atom. The molecule has 0 spiro atoms. The van der Waals surface area contributed by atoms with E-state index in [0.717, 1.165) is 48.5 Å². The molecule has 3 rings (SSSR count). The first-order valence-corrected chi connectivity index (χ1v) is 8.44. The van der Waals surface area contributed by atoms with Crippen LogP contribution in [0.4, 0.5) is 5.69 Å². The number of methoxy groups -OCH3 is 1. The molecule has 1 aliphatic heterocycles. The van der Waals surface area contributed by atoms with Crippen LogP contribution in [0.15, 0.2) is 48.5 Å². The van der Waals surface area contributed by atoms with Gasteiger partial charge in [0, 0.05) is 13.1 Å². The zero-order chi connectivity index (χ0) is 16.9. The number of nitrogens with zero attached hydrogens (tertiary/aromatic N) is 1. The van der Waals surface area contributed by atoms with Gasteiger partial charge in [0.05, 0.1) is 12.8 Å². The topological polar surface area (TPSA) is 41.6 Å². The molecule has 0 radical (unpaired) electrons. The van der Waals surface area contributed by atoms with Gasteiger partial charge in [-0.05, 0) is 43.0 Å². The van der Waals surface area contributed by atoms with Gasteiger partial charge in [0.15, 0.2) is 0 Å². The fourth-order valence-corrected chi connectivity index (χ4v) is 3.13. The third kappa shape index (κ3) is 3.53. The van der Waals surface area contributed by atoms with Gasteiger partial charge in [-0.1, -0.05) is 36.4 Å². The first-order chi connectivity index (χ1) is 11.7. The number of ether oxygens (including phenoxy) is 1. The molecule has 2 aromatic rings. The summed E-state index contributed by atoms with van der Waals surface area (Å²) in [6.45, 7) is 3.71. The number of rotatable bonds is 5. The number of carbonyl (C=O) groups is 1. The SMILES string of the molecule is COc1cc(C)ccc1NC(C(=O)N1CCCC1)c1ccccc1. The number of hydrogen-bond acceptors (Lipinski definition) is 3. The van der Waals surface area contributed by atoms with Crippen LogP contribution in [0.1, 0.15) is 30.0 Å². The van der Waals surface area contributed by atoms with Crippen LogP contribution in [-0.2, 0) is 4.79 Å². The van der Waals surface area contributed by atoms with Gasteiger partial charge in [-0.2, -0.15) is 0 Å². The summed E-state index contributed by atoms with van der Waals surface area (Å²) in [6.07, 6.45) is 2.17. The van der Waals surface area contributed by atoms with Gasteiger partial charge < -0.3 is 15.0 Å². The van der Waals surface area contributed by atoms with Gasteiger partial charge in [-0.15, -0.1) is 0 Å². The van der Waals surface area contributed by atoms with E-state index < -0.39 is 6.04 Å². The van der Waals surface area contributed by atoms with Gasteiger partial charge in [-0.25, -0.2) is 0 Å². The molecule has 4 heteroatoms. The summed E-state index contributed by atoms with van der Waals surface area (Å²) >= 11 is 0. The normalized spacial score (nSPS) is 15.2. The second-order valence-corrected chi connectivity index (χ2v) is 6.22. The van der Waals surface area contributed by atoms with Crippen molar-refractivity contribution in [2.75, 3.05) is 25.5 Å². The monoisotopic (exact) mass is 324 g/mol. The third-order valence-corrected chi connectivity index (χ3v) is 4.45. The van der Waals surface area contributed by atoms with E-state index in [0.29, 0.717) is 0 Å². The standard InChI is InChI=1S/C20H24N2O2/c1-15-10-11-17(18(14-15)24-2)21-19(16-8-4-3-5-9-16)20(23)22-12-6-7-13-22/h3-5,8-11,14,19,21H,6-7,12-13H2,1-2H3. The van der Waals surface area contributed by atoms with Gasteiger partial charge in [0.25, 0.3) is 0 Å². The van der Waals surface area contributed by atoms with E-state index in [9.17, 15) is 4.79 Å². The predicted molar refractivity (Wildman–Crippen MR) is 96.4 cm³/mol. The quantitative estimate of drug-likeness (QED) is 0.910. The number of amides is 1. The molecule has 0 bridgehead atoms. The molecule has 126 valence electrons. The Morgan fingerprint density at radius 3 is 2.50 bits per heavy atom. The molecule has 1 amide bonds. The van der Waals surface area contributed by atoms with E-state index in [4.69, 9.17) is 4.74 Å². The molecule has 1 saturated heterocycles. The second-order valence-electron chi connectivity index (χ2n) is 6.22. The van der Waals surface area contributed by atoms with Gasteiger partial charge in [-0.3, -0.25) is 4.79 Å². The first-order valence-electron chi connectivity index (χ1n) is 8.44. The minimum atomic E-state index is -0.402. The Bertz CT molecular complexity index is 694. The van der Waals surface area contributed by atoms with Crippen molar-refractivity contribution in [2.45, 2.75) is 25.8 Å². The molecule has 0 aliphatic carbocycles. The maximum atomic E-state index is 13.0. The number of nitrogens with one attached hydrogen (secondary N) is 1. The number of benzene rings is 2. The molecule has 24 heavy (non-hydrogen) atoms. The molecule has 0 saturated carbocycles. The lowest BCUT2D eigenvalue weighted by Gasteiger charge is -2.26. The molecular weight excluding hydrogens is 300 g/mol. The van der Waals surface area contributed by atoms with Crippen molar-refractivity contribution in [1.82, 2.24) is 4.90 Å². The van der Waals surface area contributed by atoms with Crippen LogP contribution in [0.25, 0.3) is 0 Å². The van der Waals surface area contributed by atoms with Crippen LogP contribution >= 0.6 is 0 Å². The number of aryl methyl sites for hydroxylation is 1. The van der Waals surface area contributed by atoms with Crippen LogP contribution in [0.2, 0.25) is 0 Å². The summed E-state index contributed by atoms with van der Waals surface area (Å²) in [6, 6.07) is 15.5. The maximum absolute atomic E-state index is 13.0. The average molecular weight is 324 g/mol. The van der Waals surface area contributed by atoms with E-state index in [1.165, 1.54) is 0 Å². The van der Waals surface area contributed by atoms with Crippen LogP contribution in [-0.4, -0.2) is 31.0 Å². The van der Waals surface area contributed by atoms with E-state index in [1.807, 2.05) is 60.4 Å². The summed E-state index contributed by atoms with van der Waals surface area (Å²) in [5.41, 5.74) is 2.93. The zero-order valence-electron chi connectivity index (χ0n) is 14.3. The fraction of sp³-hybridized carbons (Fsp3) is 0.350. The van der Waals surface area contributed by atoms with Crippen LogP contribution in [0.3, 0.4) is 0 Å². The molecule has 1 unspecified atom stereocenters. The fourth-order valence-electron chi connectivity index (χ4n) is 3.13. The van der Waals surface area contributed by atoms with Crippen molar-refractivity contribution in [3.8, 4) is 5.75 Å². The molecule has 0 aromatic heterocycles. The summed E-state index contributed by atoms with van der Waals surface area (Å²) < 4.78 is 5.48. The molecule has 2 aromatic carbocycles.